The van der Waals surface area contributed by atoms with Crippen molar-refractivity contribution in [1.29, 1.82) is 0 Å². The number of rotatable bonds is 2. The Morgan fingerprint density at radius 2 is 2.47 bits per heavy atom. The number of carbonyl (C=O) groups is 1. The molecule has 0 fully saturated rings. The molecular formula is C10H9N3O3S. The first-order valence-electron chi connectivity index (χ1n) is 5.11. The topological polar surface area (TPSA) is 77.2 Å². The molecule has 0 aromatic carbocycles. The van der Waals surface area contributed by atoms with Crippen LogP contribution in [-0.4, -0.2) is 22.7 Å². The summed E-state index contributed by atoms with van der Waals surface area (Å²) in [6, 6.07) is 1.51. The highest BCUT2D eigenvalue weighted by molar-refractivity contribution is 7.15. The Kier molecular flexibility index (Phi) is 2.62. The molecule has 1 aliphatic rings. The van der Waals surface area contributed by atoms with Gasteiger partial charge in [-0.15, -0.1) is 0 Å². The highest BCUT2D eigenvalue weighted by Crippen LogP contribution is 2.27. The number of hydrogen-bond acceptors (Lipinski definition) is 6. The minimum Gasteiger partial charge on any atom is -0.375 e. The first-order valence-corrected chi connectivity index (χ1v) is 5.93. The second kappa shape index (κ2) is 4.27. The summed E-state index contributed by atoms with van der Waals surface area (Å²) >= 11 is 1.43. The van der Waals surface area contributed by atoms with Crippen LogP contribution in [0.4, 0.5) is 5.13 Å². The predicted molar refractivity (Wildman–Crippen MR) is 59.9 cm³/mol. The van der Waals surface area contributed by atoms with Gasteiger partial charge in [0, 0.05) is 12.5 Å². The Labute approximate surface area is 101 Å². The molecule has 7 heteroatoms. The van der Waals surface area contributed by atoms with Gasteiger partial charge in [-0.05, 0) is 0 Å². The lowest BCUT2D eigenvalue weighted by Gasteiger charge is -2.08. The van der Waals surface area contributed by atoms with Crippen LogP contribution in [0.1, 0.15) is 21.1 Å². The SMILES string of the molecule is O=C(Nc1nc2c(s1)COCC2)c1ccno1. The summed E-state index contributed by atoms with van der Waals surface area (Å²) in [5.41, 5.74) is 1.01. The maximum atomic E-state index is 11.7. The third kappa shape index (κ3) is 2.06. The lowest BCUT2D eigenvalue weighted by atomic mass is 10.2. The zero-order valence-electron chi connectivity index (χ0n) is 8.80. The van der Waals surface area contributed by atoms with E-state index < -0.39 is 0 Å². The van der Waals surface area contributed by atoms with E-state index in [1.165, 1.54) is 23.6 Å². The van der Waals surface area contributed by atoms with Gasteiger partial charge in [0.25, 0.3) is 5.91 Å². The fraction of sp³-hybridized carbons (Fsp3) is 0.300. The van der Waals surface area contributed by atoms with E-state index in [1.54, 1.807) is 0 Å². The molecule has 0 spiro atoms. The third-order valence-corrected chi connectivity index (χ3v) is 3.36. The smallest absolute Gasteiger partial charge is 0.296 e. The average molecular weight is 251 g/mol. The summed E-state index contributed by atoms with van der Waals surface area (Å²) in [5, 5.41) is 6.73. The minimum atomic E-state index is -0.338. The van der Waals surface area contributed by atoms with Gasteiger partial charge in [0.05, 0.1) is 30.0 Å². The molecule has 1 N–H and O–H groups in total. The van der Waals surface area contributed by atoms with E-state index in [0.29, 0.717) is 18.3 Å². The van der Waals surface area contributed by atoms with Gasteiger partial charge in [-0.1, -0.05) is 16.5 Å². The van der Waals surface area contributed by atoms with Crippen LogP contribution in [0.25, 0.3) is 0 Å². The largest absolute Gasteiger partial charge is 0.375 e. The van der Waals surface area contributed by atoms with Gasteiger partial charge in [0.2, 0.25) is 5.76 Å². The number of nitrogens with one attached hydrogen (secondary N) is 1. The van der Waals surface area contributed by atoms with E-state index >= 15 is 0 Å². The Balaban J connectivity index is 1.77. The maximum Gasteiger partial charge on any atom is 0.296 e. The standard InChI is InChI=1S/C10H9N3O3S/c14-9(7-1-3-11-16-7)13-10-12-6-2-4-15-5-8(6)17-10/h1,3H,2,4-5H2,(H,12,13,14). The second-order valence-electron chi connectivity index (χ2n) is 3.52. The van der Waals surface area contributed by atoms with Gasteiger partial charge < -0.3 is 9.26 Å². The van der Waals surface area contributed by atoms with Crippen LogP contribution in [-0.2, 0) is 17.8 Å². The fourth-order valence-corrected chi connectivity index (χ4v) is 2.51. The summed E-state index contributed by atoms with van der Waals surface area (Å²) in [4.78, 5) is 17.1. The van der Waals surface area contributed by atoms with Crippen molar-refractivity contribution >= 4 is 22.4 Å². The fourth-order valence-electron chi connectivity index (χ4n) is 1.57. The van der Waals surface area contributed by atoms with Crippen LogP contribution >= 0.6 is 11.3 Å². The maximum absolute atomic E-state index is 11.7. The Morgan fingerprint density at radius 3 is 3.24 bits per heavy atom. The molecular weight excluding hydrogens is 242 g/mol. The zero-order valence-corrected chi connectivity index (χ0v) is 9.62. The molecule has 3 rings (SSSR count). The molecule has 6 nitrogen and oxygen atoms in total. The van der Waals surface area contributed by atoms with E-state index in [-0.39, 0.29) is 11.7 Å². The van der Waals surface area contributed by atoms with Gasteiger partial charge in [-0.2, -0.15) is 0 Å². The minimum absolute atomic E-state index is 0.175. The average Bonchev–Trinajstić information content (AvgIpc) is 2.97. The van der Waals surface area contributed by atoms with Crippen LogP contribution in [0.2, 0.25) is 0 Å². The lowest BCUT2D eigenvalue weighted by molar-refractivity contribution is 0.0988. The molecule has 2 aromatic heterocycles. The summed E-state index contributed by atoms with van der Waals surface area (Å²) in [5.74, 6) is -0.163. The number of ether oxygens (including phenoxy) is 1. The van der Waals surface area contributed by atoms with Crippen LogP contribution in [0, 0.1) is 0 Å². The van der Waals surface area contributed by atoms with Crippen molar-refractivity contribution in [2.45, 2.75) is 13.0 Å². The number of amides is 1. The van der Waals surface area contributed by atoms with Crippen molar-refractivity contribution in [3.8, 4) is 0 Å². The number of carbonyl (C=O) groups excluding carboxylic acids is 1. The Bertz CT molecular complexity index is 511. The van der Waals surface area contributed by atoms with Crippen LogP contribution in [0.3, 0.4) is 0 Å². The lowest BCUT2D eigenvalue weighted by Crippen LogP contribution is -2.11. The quantitative estimate of drug-likeness (QED) is 0.874. The summed E-state index contributed by atoms with van der Waals surface area (Å²) in [6.07, 6.45) is 2.22. The van der Waals surface area contributed by atoms with Crippen LogP contribution in [0.15, 0.2) is 16.8 Å². The predicted octanol–water partition coefficient (Wildman–Crippen LogP) is 1.46. The normalized spacial score (nSPS) is 14.4. The van der Waals surface area contributed by atoms with E-state index in [1.807, 2.05) is 0 Å². The molecule has 3 heterocycles. The summed E-state index contributed by atoms with van der Waals surface area (Å²) in [7, 11) is 0. The first kappa shape index (κ1) is 10.4. The van der Waals surface area contributed by atoms with Crippen molar-refractivity contribution in [3.63, 3.8) is 0 Å². The van der Waals surface area contributed by atoms with Gasteiger partial charge in [-0.3, -0.25) is 10.1 Å². The number of hydrogen-bond donors (Lipinski definition) is 1. The molecule has 0 saturated heterocycles. The van der Waals surface area contributed by atoms with Crippen molar-refractivity contribution in [1.82, 2.24) is 10.1 Å². The molecule has 1 amide bonds. The number of aromatic nitrogens is 2. The second-order valence-corrected chi connectivity index (χ2v) is 4.61. The Morgan fingerprint density at radius 1 is 1.53 bits per heavy atom. The molecule has 17 heavy (non-hydrogen) atoms. The van der Waals surface area contributed by atoms with Crippen LogP contribution in [0.5, 0.6) is 0 Å². The highest BCUT2D eigenvalue weighted by Gasteiger charge is 2.18. The van der Waals surface area contributed by atoms with Gasteiger partial charge in [0.15, 0.2) is 5.13 Å². The van der Waals surface area contributed by atoms with Crippen molar-refractivity contribution in [2.24, 2.45) is 0 Å². The van der Waals surface area contributed by atoms with E-state index in [4.69, 9.17) is 9.26 Å². The first-order chi connectivity index (χ1) is 8.33. The molecule has 2 aromatic rings. The van der Waals surface area contributed by atoms with E-state index in [2.05, 4.69) is 15.5 Å². The molecule has 0 atom stereocenters. The van der Waals surface area contributed by atoms with Crippen LogP contribution < -0.4 is 5.32 Å². The molecule has 88 valence electrons. The number of anilines is 1. The number of fused-ring (bicyclic) bond motifs is 1. The molecule has 0 aliphatic carbocycles. The zero-order chi connectivity index (χ0) is 11.7. The van der Waals surface area contributed by atoms with Crippen molar-refractivity contribution in [3.05, 3.63) is 28.6 Å². The van der Waals surface area contributed by atoms with Gasteiger partial charge in [-0.25, -0.2) is 4.98 Å². The van der Waals surface area contributed by atoms with Crippen molar-refractivity contribution in [2.75, 3.05) is 11.9 Å². The van der Waals surface area contributed by atoms with Crippen molar-refractivity contribution < 1.29 is 14.1 Å². The molecule has 0 bridgehead atoms. The molecule has 0 radical (unpaired) electrons. The summed E-state index contributed by atoms with van der Waals surface area (Å²) < 4.78 is 10.1. The highest BCUT2D eigenvalue weighted by atomic mass is 32.1. The number of nitrogens with zero attached hydrogens (tertiary/aromatic N) is 2. The van der Waals surface area contributed by atoms with E-state index in [9.17, 15) is 4.79 Å². The summed E-state index contributed by atoms with van der Waals surface area (Å²) in [6.45, 7) is 1.26. The monoisotopic (exact) mass is 251 g/mol. The third-order valence-electron chi connectivity index (χ3n) is 2.38. The van der Waals surface area contributed by atoms with E-state index in [0.717, 1.165) is 17.0 Å². The molecule has 0 saturated carbocycles. The van der Waals surface area contributed by atoms with Gasteiger partial charge >= 0.3 is 0 Å². The van der Waals surface area contributed by atoms with Gasteiger partial charge in [0.1, 0.15) is 0 Å². The number of thiazole rings is 1. The molecule has 0 unspecified atom stereocenters. The Hall–Kier alpha value is -1.73. The molecule has 1 aliphatic heterocycles.